The van der Waals surface area contributed by atoms with E-state index in [2.05, 4.69) is 0 Å². The first-order valence-corrected chi connectivity index (χ1v) is 4.15. The van der Waals surface area contributed by atoms with Gasteiger partial charge in [-0.25, -0.2) is 0 Å². The monoisotopic (exact) mass is 192 g/mol. The second-order valence-corrected chi connectivity index (χ2v) is 3.02. The molecule has 0 fully saturated rings. The van der Waals surface area contributed by atoms with E-state index in [0.717, 1.165) is 0 Å². The number of furan rings is 1. The van der Waals surface area contributed by atoms with Crippen LogP contribution in [0.4, 0.5) is 0 Å². The molecule has 0 spiro atoms. The molecule has 2 rings (SSSR count). The van der Waals surface area contributed by atoms with Crippen molar-refractivity contribution in [1.82, 2.24) is 0 Å². The molecule has 0 radical (unpaired) electrons. The molecule has 14 heavy (non-hydrogen) atoms. The van der Waals surface area contributed by atoms with Crippen LogP contribution in [0.3, 0.4) is 0 Å². The minimum absolute atomic E-state index is 0.175. The number of ether oxygens (including phenoxy) is 1. The molecule has 4 heteroatoms. The first kappa shape index (κ1) is 8.74. The van der Waals surface area contributed by atoms with Crippen molar-refractivity contribution in [2.45, 2.75) is 12.0 Å². The first-order chi connectivity index (χ1) is 6.80. The van der Waals surface area contributed by atoms with E-state index in [0.29, 0.717) is 24.8 Å². The van der Waals surface area contributed by atoms with Crippen LogP contribution in [0, 0.1) is 0 Å². The van der Waals surface area contributed by atoms with E-state index < -0.39 is 5.60 Å². The molecule has 1 aliphatic rings. The smallest absolute Gasteiger partial charge is 0.224 e. The van der Waals surface area contributed by atoms with Gasteiger partial charge in [0, 0.05) is 6.42 Å². The average Bonchev–Trinajstić information content (AvgIpc) is 2.87. The summed E-state index contributed by atoms with van der Waals surface area (Å²) in [5, 5.41) is 0. The van der Waals surface area contributed by atoms with Crippen LogP contribution in [0.1, 0.15) is 12.2 Å². The number of aldehydes is 2. The maximum Gasteiger partial charge on any atom is 0.224 e. The predicted molar refractivity (Wildman–Crippen MR) is 46.3 cm³/mol. The van der Waals surface area contributed by atoms with Gasteiger partial charge in [0.15, 0.2) is 24.1 Å². The molecule has 1 aromatic heterocycles. The molecular weight excluding hydrogens is 184 g/mol. The Kier molecular flexibility index (Phi) is 1.96. The zero-order valence-electron chi connectivity index (χ0n) is 7.30. The first-order valence-electron chi connectivity index (χ1n) is 4.15. The van der Waals surface area contributed by atoms with Crippen molar-refractivity contribution >= 4 is 12.6 Å². The number of hydrogen-bond acceptors (Lipinski definition) is 4. The fraction of sp³-hybridized carbons (Fsp3) is 0.200. The van der Waals surface area contributed by atoms with Crippen LogP contribution in [0.2, 0.25) is 0 Å². The van der Waals surface area contributed by atoms with E-state index in [1.165, 1.54) is 6.26 Å². The van der Waals surface area contributed by atoms with Gasteiger partial charge in [0.1, 0.15) is 0 Å². The lowest BCUT2D eigenvalue weighted by Crippen LogP contribution is -2.26. The van der Waals surface area contributed by atoms with Gasteiger partial charge in [-0.05, 0) is 18.2 Å². The Bertz CT molecular complexity index is 377. The number of allylic oxidation sites excluding steroid dienone is 1. The van der Waals surface area contributed by atoms with E-state index in [9.17, 15) is 9.59 Å². The van der Waals surface area contributed by atoms with Crippen LogP contribution in [-0.2, 0) is 19.9 Å². The van der Waals surface area contributed by atoms with Gasteiger partial charge in [-0.2, -0.15) is 0 Å². The molecule has 0 bridgehead atoms. The number of carbonyl (C=O) groups is 2. The Morgan fingerprint density at radius 1 is 1.43 bits per heavy atom. The summed E-state index contributed by atoms with van der Waals surface area (Å²) in [6.45, 7) is 0. The van der Waals surface area contributed by atoms with Crippen molar-refractivity contribution < 1.29 is 18.7 Å². The van der Waals surface area contributed by atoms with Gasteiger partial charge in [0.05, 0.1) is 6.26 Å². The van der Waals surface area contributed by atoms with Gasteiger partial charge in [0.2, 0.25) is 5.60 Å². The van der Waals surface area contributed by atoms with Crippen LogP contribution >= 0.6 is 0 Å². The lowest BCUT2D eigenvalue weighted by Gasteiger charge is -2.19. The summed E-state index contributed by atoms with van der Waals surface area (Å²) in [5.74, 6) is 0.592. The summed E-state index contributed by atoms with van der Waals surface area (Å²) in [7, 11) is 0. The van der Waals surface area contributed by atoms with E-state index in [1.807, 2.05) is 0 Å². The van der Waals surface area contributed by atoms with Gasteiger partial charge in [-0.15, -0.1) is 0 Å². The van der Waals surface area contributed by atoms with E-state index >= 15 is 0 Å². The van der Waals surface area contributed by atoms with Crippen molar-refractivity contribution in [3.8, 4) is 0 Å². The summed E-state index contributed by atoms with van der Waals surface area (Å²) in [6, 6.07) is 3.32. The summed E-state index contributed by atoms with van der Waals surface area (Å²) in [4.78, 5) is 21.4. The van der Waals surface area contributed by atoms with Crippen LogP contribution in [0.5, 0.6) is 0 Å². The number of carbonyl (C=O) groups excluding carboxylic acids is 2. The topological polar surface area (TPSA) is 56.5 Å². The third-order valence-corrected chi connectivity index (χ3v) is 2.15. The Morgan fingerprint density at radius 3 is 2.79 bits per heavy atom. The van der Waals surface area contributed by atoms with Crippen molar-refractivity contribution in [3.63, 3.8) is 0 Å². The summed E-state index contributed by atoms with van der Waals surface area (Å²) < 4.78 is 10.3. The third kappa shape index (κ3) is 1.16. The van der Waals surface area contributed by atoms with Gasteiger partial charge in [0.25, 0.3) is 0 Å². The fourth-order valence-electron chi connectivity index (χ4n) is 1.42. The largest absolute Gasteiger partial charge is 0.468 e. The fourth-order valence-corrected chi connectivity index (χ4v) is 1.42. The minimum Gasteiger partial charge on any atom is -0.468 e. The normalized spacial score (nSPS) is 25.3. The van der Waals surface area contributed by atoms with Crippen molar-refractivity contribution in [3.05, 3.63) is 36.0 Å². The average molecular weight is 192 g/mol. The van der Waals surface area contributed by atoms with Crippen molar-refractivity contribution in [2.75, 3.05) is 0 Å². The highest BCUT2D eigenvalue weighted by Gasteiger charge is 2.40. The highest BCUT2D eigenvalue weighted by atomic mass is 16.5. The Morgan fingerprint density at radius 2 is 2.29 bits per heavy atom. The Balaban J connectivity index is 2.31. The maximum atomic E-state index is 11.0. The lowest BCUT2D eigenvalue weighted by atomic mass is 10.00. The van der Waals surface area contributed by atoms with Gasteiger partial charge in [-0.1, -0.05) is 0 Å². The Labute approximate surface area is 80.2 Å². The molecule has 0 saturated heterocycles. The zero-order chi connectivity index (χ0) is 10.0. The van der Waals surface area contributed by atoms with Crippen LogP contribution in [-0.4, -0.2) is 12.6 Å². The molecular formula is C10H8O4. The van der Waals surface area contributed by atoms with E-state index in [1.54, 1.807) is 18.2 Å². The summed E-state index contributed by atoms with van der Waals surface area (Å²) >= 11 is 0. The second-order valence-electron chi connectivity index (χ2n) is 3.02. The maximum absolute atomic E-state index is 11.0. The summed E-state index contributed by atoms with van der Waals surface area (Å²) in [5.41, 5.74) is -1.14. The Hall–Kier alpha value is -1.84. The van der Waals surface area contributed by atoms with Crippen molar-refractivity contribution in [1.29, 1.82) is 0 Å². The SMILES string of the molecule is O=CC1=CCC(C=O)(c2ccco2)O1. The molecule has 0 aliphatic carbocycles. The van der Waals surface area contributed by atoms with E-state index in [4.69, 9.17) is 9.15 Å². The van der Waals surface area contributed by atoms with Gasteiger partial charge < -0.3 is 9.15 Å². The molecule has 0 amide bonds. The molecule has 1 aliphatic heterocycles. The molecule has 1 aromatic rings. The number of hydrogen-bond donors (Lipinski definition) is 0. The van der Waals surface area contributed by atoms with Crippen LogP contribution < -0.4 is 0 Å². The standard InChI is InChI=1S/C10H8O4/c11-6-8-3-4-10(7-12,14-8)9-2-1-5-13-9/h1-3,5-7H,4H2. The van der Waals surface area contributed by atoms with E-state index in [-0.39, 0.29) is 5.76 Å². The predicted octanol–water partition coefficient (Wildman–Crippen LogP) is 1.18. The number of rotatable bonds is 3. The quantitative estimate of drug-likeness (QED) is 0.674. The van der Waals surface area contributed by atoms with Crippen molar-refractivity contribution in [2.24, 2.45) is 0 Å². The molecule has 0 saturated carbocycles. The van der Waals surface area contributed by atoms with Crippen LogP contribution in [0.25, 0.3) is 0 Å². The molecule has 1 atom stereocenters. The highest BCUT2D eigenvalue weighted by Crippen LogP contribution is 2.35. The molecule has 4 nitrogen and oxygen atoms in total. The lowest BCUT2D eigenvalue weighted by molar-refractivity contribution is -0.128. The highest BCUT2D eigenvalue weighted by molar-refractivity contribution is 5.75. The zero-order valence-corrected chi connectivity index (χ0v) is 7.30. The second kappa shape index (κ2) is 3.14. The van der Waals surface area contributed by atoms with Crippen LogP contribution in [0.15, 0.2) is 34.6 Å². The molecule has 2 heterocycles. The molecule has 0 aromatic carbocycles. The molecule has 72 valence electrons. The minimum atomic E-state index is -1.14. The molecule has 0 N–H and O–H groups in total. The third-order valence-electron chi connectivity index (χ3n) is 2.15. The van der Waals surface area contributed by atoms with Gasteiger partial charge >= 0.3 is 0 Å². The molecule has 1 unspecified atom stereocenters. The summed E-state index contributed by atoms with van der Waals surface area (Å²) in [6.07, 6.45) is 4.60. The van der Waals surface area contributed by atoms with Gasteiger partial charge in [-0.3, -0.25) is 9.59 Å².